The van der Waals surface area contributed by atoms with Gasteiger partial charge in [0.05, 0.1) is 5.41 Å². The summed E-state index contributed by atoms with van der Waals surface area (Å²) in [7, 11) is 4.19. The van der Waals surface area contributed by atoms with Gasteiger partial charge in [0.1, 0.15) is 0 Å². The predicted octanol–water partition coefficient (Wildman–Crippen LogP) is 2.54. The quantitative estimate of drug-likeness (QED) is 0.621. The topological polar surface area (TPSA) is 43.8 Å². The third-order valence-electron chi connectivity index (χ3n) is 3.73. The summed E-state index contributed by atoms with van der Waals surface area (Å²) < 4.78 is 0. The van der Waals surface area contributed by atoms with Gasteiger partial charge in [-0.25, -0.2) is 0 Å². The molecular weight excluding hydrogens is 240 g/mol. The number of unbranched alkanes of at least 4 members (excludes halogenated alkanes) is 1. The molecule has 1 N–H and O–H groups in total. The van der Waals surface area contributed by atoms with Crippen LogP contribution in [0.2, 0.25) is 0 Å². The van der Waals surface area contributed by atoms with Crippen molar-refractivity contribution in [3.05, 3.63) is 0 Å². The van der Waals surface area contributed by atoms with Crippen LogP contribution < -0.4 is 0 Å². The van der Waals surface area contributed by atoms with Crippen molar-refractivity contribution in [3.8, 4) is 0 Å². The average Bonchev–Trinajstić information content (AvgIpc) is 2.27. The van der Waals surface area contributed by atoms with Gasteiger partial charge in [-0.2, -0.15) is 0 Å². The Morgan fingerprint density at radius 2 is 1.84 bits per heavy atom. The Kier molecular flexibility index (Phi) is 8.26. The number of carbonyl (C=O) groups is 1. The Hall–Kier alpha value is -0.610. The van der Waals surface area contributed by atoms with Gasteiger partial charge in [0.2, 0.25) is 0 Å². The summed E-state index contributed by atoms with van der Waals surface area (Å²) in [5.41, 5.74) is -0.591. The van der Waals surface area contributed by atoms with Crippen molar-refractivity contribution in [2.24, 2.45) is 5.41 Å². The van der Waals surface area contributed by atoms with Gasteiger partial charge in [0.25, 0.3) is 0 Å². The number of carboxylic acids is 1. The monoisotopic (exact) mass is 272 g/mol. The number of nitrogens with zero attached hydrogens (tertiary/aromatic N) is 2. The molecule has 0 aliphatic rings. The van der Waals surface area contributed by atoms with E-state index in [1.807, 2.05) is 13.8 Å². The Balaban J connectivity index is 4.00. The number of carboxylic acid groups (broad SMARTS) is 1. The SMILES string of the molecule is CCN(CCCCC(C)(C)C(=O)O)C(C)CN(C)C. The van der Waals surface area contributed by atoms with E-state index < -0.39 is 11.4 Å². The summed E-state index contributed by atoms with van der Waals surface area (Å²) in [6, 6.07) is 0.549. The zero-order valence-electron chi connectivity index (χ0n) is 13.6. The fraction of sp³-hybridized carbons (Fsp3) is 0.933. The van der Waals surface area contributed by atoms with Crippen molar-refractivity contribution in [1.82, 2.24) is 9.80 Å². The first-order valence-corrected chi connectivity index (χ1v) is 7.33. The molecule has 0 aliphatic carbocycles. The van der Waals surface area contributed by atoms with Crippen LogP contribution in [0.5, 0.6) is 0 Å². The highest BCUT2D eigenvalue weighted by atomic mass is 16.4. The van der Waals surface area contributed by atoms with E-state index in [9.17, 15) is 4.79 Å². The average molecular weight is 272 g/mol. The van der Waals surface area contributed by atoms with Crippen molar-refractivity contribution in [1.29, 1.82) is 0 Å². The van der Waals surface area contributed by atoms with Crippen LogP contribution in [0.25, 0.3) is 0 Å². The van der Waals surface area contributed by atoms with Crippen LogP contribution in [0.4, 0.5) is 0 Å². The lowest BCUT2D eigenvalue weighted by Gasteiger charge is -2.30. The zero-order chi connectivity index (χ0) is 15.1. The van der Waals surface area contributed by atoms with Crippen LogP contribution in [-0.4, -0.2) is 60.6 Å². The van der Waals surface area contributed by atoms with E-state index in [0.29, 0.717) is 6.04 Å². The van der Waals surface area contributed by atoms with E-state index in [1.54, 1.807) is 0 Å². The van der Waals surface area contributed by atoms with Crippen LogP contribution >= 0.6 is 0 Å². The van der Waals surface area contributed by atoms with Gasteiger partial charge in [-0.15, -0.1) is 0 Å². The van der Waals surface area contributed by atoms with Gasteiger partial charge >= 0.3 is 5.97 Å². The van der Waals surface area contributed by atoms with E-state index >= 15 is 0 Å². The minimum Gasteiger partial charge on any atom is -0.481 e. The van der Waals surface area contributed by atoms with E-state index in [0.717, 1.165) is 38.9 Å². The van der Waals surface area contributed by atoms with E-state index in [1.165, 1.54) is 0 Å². The highest BCUT2D eigenvalue weighted by Crippen LogP contribution is 2.23. The van der Waals surface area contributed by atoms with E-state index in [2.05, 4.69) is 37.7 Å². The second-order valence-corrected chi connectivity index (χ2v) is 6.39. The van der Waals surface area contributed by atoms with Crippen molar-refractivity contribution < 1.29 is 9.90 Å². The second-order valence-electron chi connectivity index (χ2n) is 6.39. The maximum atomic E-state index is 11.0. The Bertz CT molecular complexity index is 265. The highest BCUT2D eigenvalue weighted by Gasteiger charge is 2.26. The smallest absolute Gasteiger partial charge is 0.309 e. The summed E-state index contributed by atoms with van der Waals surface area (Å²) in [5, 5.41) is 9.07. The van der Waals surface area contributed by atoms with Crippen molar-refractivity contribution in [3.63, 3.8) is 0 Å². The molecule has 1 unspecified atom stereocenters. The largest absolute Gasteiger partial charge is 0.481 e. The van der Waals surface area contributed by atoms with Gasteiger partial charge in [-0.1, -0.05) is 13.3 Å². The summed E-state index contributed by atoms with van der Waals surface area (Å²) >= 11 is 0. The molecule has 0 aliphatic heterocycles. The third kappa shape index (κ3) is 7.53. The zero-order valence-corrected chi connectivity index (χ0v) is 13.6. The van der Waals surface area contributed by atoms with E-state index in [4.69, 9.17) is 5.11 Å². The molecule has 0 aromatic carbocycles. The number of likely N-dealkylation sites (N-methyl/N-ethyl adjacent to an activating group) is 2. The fourth-order valence-electron chi connectivity index (χ4n) is 2.32. The molecule has 0 spiro atoms. The maximum Gasteiger partial charge on any atom is 0.309 e. The molecule has 4 nitrogen and oxygen atoms in total. The van der Waals surface area contributed by atoms with E-state index in [-0.39, 0.29) is 0 Å². The van der Waals surface area contributed by atoms with Crippen LogP contribution in [-0.2, 0) is 4.79 Å². The van der Waals surface area contributed by atoms with Crippen LogP contribution in [0.15, 0.2) is 0 Å². The Morgan fingerprint density at radius 3 is 2.26 bits per heavy atom. The number of hydrogen-bond donors (Lipinski definition) is 1. The molecule has 0 rings (SSSR count). The summed E-state index contributed by atoms with van der Waals surface area (Å²) in [5.74, 6) is -0.694. The van der Waals surface area contributed by atoms with Crippen molar-refractivity contribution in [2.45, 2.75) is 53.0 Å². The lowest BCUT2D eigenvalue weighted by atomic mass is 9.87. The number of hydrogen-bond acceptors (Lipinski definition) is 3. The minimum absolute atomic E-state index is 0.549. The summed E-state index contributed by atoms with van der Waals surface area (Å²) in [4.78, 5) is 15.7. The first-order chi connectivity index (χ1) is 8.70. The Labute approximate surface area is 118 Å². The minimum atomic E-state index is -0.694. The molecule has 0 amide bonds. The molecule has 0 heterocycles. The molecule has 0 radical (unpaired) electrons. The standard InChI is InChI=1S/C15H32N2O2/c1-7-17(13(2)12-16(5)6)11-9-8-10-15(3,4)14(18)19/h13H,7-12H2,1-6H3,(H,18,19). The molecule has 0 saturated carbocycles. The second kappa shape index (κ2) is 8.54. The lowest BCUT2D eigenvalue weighted by Crippen LogP contribution is -2.40. The maximum absolute atomic E-state index is 11.0. The van der Waals surface area contributed by atoms with Crippen LogP contribution in [0.1, 0.15) is 47.0 Å². The molecular formula is C15H32N2O2. The molecule has 4 heteroatoms. The summed E-state index contributed by atoms with van der Waals surface area (Å²) in [6.07, 6.45) is 2.80. The highest BCUT2D eigenvalue weighted by molar-refractivity contribution is 5.73. The molecule has 114 valence electrons. The van der Waals surface area contributed by atoms with Crippen LogP contribution in [0, 0.1) is 5.41 Å². The fourth-order valence-corrected chi connectivity index (χ4v) is 2.32. The first kappa shape index (κ1) is 18.4. The van der Waals surface area contributed by atoms with Crippen molar-refractivity contribution >= 4 is 5.97 Å². The molecule has 0 bridgehead atoms. The van der Waals surface area contributed by atoms with Crippen LogP contribution in [0.3, 0.4) is 0 Å². The number of rotatable bonds is 10. The molecule has 1 atom stereocenters. The molecule has 0 saturated heterocycles. The predicted molar refractivity (Wildman–Crippen MR) is 80.5 cm³/mol. The molecule has 0 aromatic rings. The summed E-state index contributed by atoms with van der Waals surface area (Å²) in [6.45, 7) is 11.2. The van der Waals surface area contributed by atoms with Gasteiger partial charge in [-0.05, 0) is 60.8 Å². The van der Waals surface area contributed by atoms with Crippen molar-refractivity contribution in [2.75, 3.05) is 33.7 Å². The number of aliphatic carboxylic acids is 1. The molecule has 19 heavy (non-hydrogen) atoms. The lowest BCUT2D eigenvalue weighted by molar-refractivity contribution is -0.147. The first-order valence-electron chi connectivity index (χ1n) is 7.33. The van der Waals surface area contributed by atoms with Gasteiger partial charge in [-0.3, -0.25) is 9.69 Å². The Morgan fingerprint density at radius 1 is 1.26 bits per heavy atom. The molecule has 0 aromatic heterocycles. The van der Waals surface area contributed by atoms with Gasteiger partial charge in [0, 0.05) is 12.6 Å². The molecule has 0 fully saturated rings. The third-order valence-corrected chi connectivity index (χ3v) is 3.73. The van der Waals surface area contributed by atoms with Gasteiger partial charge in [0.15, 0.2) is 0 Å². The van der Waals surface area contributed by atoms with Gasteiger partial charge < -0.3 is 10.0 Å². The normalized spacial score (nSPS) is 14.1.